The summed E-state index contributed by atoms with van der Waals surface area (Å²) in [6.07, 6.45) is -1.91. The van der Waals surface area contributed by atoms with Gasteiger partial charge >= 0.3 is 12.1 Å². The lowest BCUT2D eigenvalue weighted by Gasteiger charge is -2.37. The van der Waals surface area contributed by atoms with Gasteiger partial charge in [0.1, 0.15) is 23.3 Å². The Labute approximate surface area is 193 Å². The fraction of sp³-hybridized carbons (Fsp3) is 0.391. The molecule has 11 heteroatoms. The number of nitro benzene ring substituents is 1. The first-order chi connectivity index (χ1) is 15.9. The lowest BCUT2D eigenvalue weighted by molar-refractivity contribution is -0.384. The first-order valence-corrected chi connectivity index (χ1v) is 10.4. The molecule has 1 aliphatic rings. The molecule has 34 heavy (non-hydrogen) atoms. The summed E-state index contributed by atoms with van der Waals surface area (Å²) in [4.78, 5) is 34.8. The number of aromatic carboxylic acids is 1. The van der Waals surface area contributed by atoms with Crippen LogP contribution in [-0.2, 0) is 9.47 Å². The van der Waals surface area contributed by atoms with Crippen molar-refractivity contribution in [3.05, 3.63) is 74.8 Å². The molecule has 1 heterocycles. The van der Waals surface area contributed by atoms with Crippen LogP contribution in [0.25, 0.3) is 0 Å². The van der Waals surface area contributed by atoms with Crippen LogP contribution in [0, 0.1) is 21.7 Å². The number of carbonyl (C=O) groups excluding carboxylic acids is 1. The second-order valence-corrected chi connectivity index (χ2v) is 8.94. The Bertz CT molecular complexity index is 1120. The highest BCUT2D eigenvalue weighted by atomic mass is 19.1. The quantitative estimate of drug-likeness (QED) is 0.470. The van der Waals surface area contributed by atoms with E-state index in [1.165, 1.54) is 0 Å². The summed E-state index contributed by atoms with van der Waals surface area (Å²) in [5.41, 5.74) is -1.30. The summed E-state index contributed by atoms with van der Waals surface area (Å²) < 4.78 is 39.5. The summed E-state index contributed by atoms with van der Waals surface area (Å²) in [6, 6.07) is 5.25. The van der Waals surface area contributed by atoms with E-state index in [1.807, 2.05) is 0 Å². The van der Waals surface area contributed by atoms with Gasteiger partial charge in [0.05, 0.1) is 23.1 Å². The van der Waals surface area contributed by atoms with Crippen LogP contribution in [0.4, 0.5) is 19.3 Å². The molecule has 0 saturated carbocycles. The van der Waals surface area contributed by atoms with Crippen LogP contribution in [0.15, 0.2) is 36.4 Å². The van der Waals surface area contributed by atoms with E-state index in [1.54, 1.807) is 20.8 Å². The van der Waals surface area contributed by atoms with Crippen LogP contribution >= 0.6 is 0 Å². The average Bonchev–Trinajstić information content (AvgIpc) is 2.73. The van der Waals surface area contributed by atoms with Gasteiger partial charge in [-0.2, -0.15) is 0 Å². The van der Waals surface area contributed by atoms with Gasteiger partial charge in [-0.05, 0) is 57.0 Å². The van der Waals surface area contributed by atoms with Gasteiger partial charge in [0.2, 0.25) is 0 Å². The number of hydrogen-bond acceptors (Lipinski definition) is 6. The number of carboxylic acids is 1. The summed E-state index contributed by atoms with van der Waals surface area (Å²) >= 11 is 0. The third kappa shape index (κ3) is 5.84. The SMILES string of the molecule is CC(C)(C)OC(=O)N[C@H]1C[C@@H](c2cc([N+](=O)[O-])ccc2C(=O)O)CO[C@@H]1c1cc(F)ccc1F. The molecule has 2 N–H and O–H groups in total. The number of alkyl carbamates (subject to hydrolysis) is 1. The molecular weight excluding hydrogens is 454 g/mol. The van der Waals surface area contributed by atoms with Crippen molar-refractivity contribution in [2.75, 3.05) is 6.61 Å². The van der Waals surface area contributed by atoms with Crippen LogP contribution < -0.4 is 5.32 Å². The van der Waals surface area contributed by atoms with Crippen molar-refractivity contribution >= 4 is 17.7 Å². The monoisotopic (exact) mass is 478 g/mol. The molecule has 9 nitrogen and oxygen atoms in total. The highest BCUT2D eigenvalue weighted by molar-refractivity contribution is 5.90. The third-order valence-electron chi connectivity index (χ3n) is 5.26. The second-order valence-electron chi connectivity index (χ2n) is 8.94. The molecule has 2 aromatic carbocycles. The van der Waals surface area contributed by atoms with Crippen molar-refractivity contribution in [3.8, 4) is 0 Å². The zero-order valence-corrected chi connectivity index (χ0v) is 18.7. The van der Waals surface area contributed by atoms with Crippen molar-refractivity contribution in [3.63, 3.8) is 0 Å². The molecule has 0 aromatic heterocycles. The number of nitrogens with zero attached hydrogens (tertiary/aromatic N) is 1. The van der Waals surface area contributed by atoms with E-state index < -0.39 is 52.3 Å². The van der Waals surface area contributed by atoms with Crippen molar-refractivity contribution in [1.29, 1.82) is 0 Å². The molecule has 0 spiro atoms. The largest absolute Gasteiger partial charge is 0.478 e. The van der Waals surface area contributed by atoms with Gasteiger partial charge in [0.25, 0.3) is 5.69 Å². The Morgan fingerprint density at radius 1 is 1.18 bits per heavy atom. The van der Waals surface area contributed by atoms with Gasteiger partial charge < -0.3 is 19.9 Å². The molecule has 0 aliphatic carbocycles. The standard InChI is InChI=1S/C23H24F2N2O7/c1-23(2,3)34-22(30)26-19-8-12(11-33-20(19)17-9-13(24)4-7-18(17)25)16-10-14(27(31)32)5-6-15(16)21(28)29/h4-7,9-10,12,19-20H,8,11H2,1-3H3,(H,26,30)(H,28,29)/t12-,19+,20-/m1/s1. The molecule has 0 radical (unpaired) electrons. The average molecular weight is 478 g/mol. The Kier molecular flexibility index (Phi) is 7.15. The van der Waals surface area contributed by atoms with E-state index in [2.05, 4.69) is 5.32 Å². The van der Waals surface area contributed by atoms with Crippen LogP contribution in [0.5, 0.6) is 0 Å². The highest BCUT2D eigenvalue weighted by Gasteiger charge is 2.38. The molecule has 3 atom stereocenters. The fourth-order valence-electron chi connectivity index (χ4n) is 3.88. The Morgan fingerprint density at radius 2 is 1.88 bits per heavy atom. The van der Waals surface area contributed by atoms with E-state index >= 15 is 0 Å². The van der Waals surface area contributed by atoms with Crippen LogP contribution in [-0.4, -0.2) is 40.3 Å². The van der Waals surface area contributed by atoms with E-state index in [0.717, 1.165) is 36.4 Å². The molecule has 1 fully saturated rings. The van der Waals surface area contributed by atoms with Gasteiger partial charge in [0, 0.05) is 23.6 Å². The van der Waals surface area contributed by atoms with E-state index in [9.17, 15) is 33.6 Å². The van der Waals surface area contributed by atoms with Crippen LogP contribution in [0.3, 0.4) is 0 Å². The number of nitrogens with one attached hydrogen (secondary N) is 1. The molecule has 0 unspecified atom stereocenters. The smallest absolute Gasteiger partial charge is 0.407 e. The number of carbonyl (C=O) groups is 2. The topological polar surface area (TPSA) is 128 Å². The zero-order valence-electron chi connectivity index (χ0n) is 18.7. The zero-order chi connectivity index (χ0) is 25.2. The lowest BCUT2D eigenvalue weighted by atomic mass is 9.83. The Morgan fingerprint density at radius 3 is 2.50 bits per heavy atom. The maximum absolute atomic E-state index is 14.5. The maximum atomic E-state index is 14.5. The summed E-state index contributed by atoms with van der Waals surface area (Å²) in [5, 5.41) is 23.4. The number of rotatable bonds is 5. The highest BCUT2D eigenvalue weighted by Crippen LogP contribution is 2.39. The van der Waals surface area contributed by atoms with Gasteiger partial charge in [-0.3, -0.25) is 10.1 Å². The van der Waals surface area contributed by atoms with E-state index in [-0.39, 0.29) is 35.4 Å². The Balaban J connectivity index is 1.99. The van der Waals surface area contributed by atoms with Gasteiger partial charge in [0.15, 0.2) is 0 Å². The number of benzene rings is 2. The molecule has 1 aliphatic heterocycles. The number of hydrogen-bond donors (Lipinski definition) is 2. The van der Waals surface area contributed by atoms with E-state index in [0.29, 0.717) is 0 Å². The molecule has 3 rings (SSSR count). The number of nitro groups is 1. The maximum Gasteiger partial charge on any atom is 0.407 e. The second kappa shape index (κ2) is 9.72. The number of carboxylic acid groups (broad SMARTS) is 1. The molecule has 1 amide bonds. The van der Waals surface area contributed by atoms with Gasteiger partial charge in [-0.25, -0.2) is 18.4 Å². The first-order valence-electron chi connectivity index (χ1n) is 10.4. The number of non-ortho nitro benzene ring substituents is 1. The number of ether oxygens (including phenoxy) is 2. The molecule has 0 bridgehead atoms. The van der Waals surface area contributed by atoms with Crippen LogP contribution in [0.1, 0.15) is 60.7 Å². The van der Waals surface area contributed by atoms with Crippen molar-refractivity contribution in [2.24, 2.45) is 0 Å². The predicted octanol–water partition coefficient (Wildman–Crippen LogP) is 4.71. The van der Waals surface area contributed by atoms with E-state index in [4.69, 9.17) is 9.47 Å². The summed E-state index contributed by atoms with van der Waals surface area (Å²) in [5.74, 6) is -3.44. The van der Waals surface area contributed by atoms with Crippen molar-refractivity contribution in [2.45, 2.75) is 50.9 Å². The predicted molar refractivity (Wildman–Crippen MR) is 116 cm³/mol. The number of halogens is 2. The van der Waals surface area contributed by atoms with Crippen molar-refractivity contribution in [1.82, 2.24) is 5.32 Å². The Hall–Kier alpha value is -3.60. The van der Waals surface area contributed by atoms with Gasteiger partial charge in [-0.15, -0.1) is 0 Å². The molecular formula is C23H24F2N2O7. The summed E-state index contributed by atoms with van der Waals surface area (Å²) in [7, 11) is 0. The molecule has 1 saturated heterocycles. The lowest BCUT2D eigenvalue weighted by Crippen LogP contribution is -2.47. The normalized spacial score (nSPS) is 20.4. The summed E-state index contributed by atoms with van der Waals surface area (Å²) in [6.45, 7) is 4.81. The minimum Gasteiger partial charge on any atom is -0.478 e. The molecule has 2 aromatic rings. The van der Waals surface area contributed by atoms with Crippen LogP contribution in [0.2, 0.25) is 0 Å². The first kappa shape index (κ1) is 25.0. The molecule has 182 valence electrons. The van der Waals surface area contributed by atoms with Crippen molar-refractivity contribution < 1.29 is 37.9 Å². The minimum atomic E-state index is -1.29. The number of amides is 1. The fourth-order valence-corrected chi connectivity index (χ4v) is 3.88. The minimum absolute atomic E-state index is 0.0291. The van der Waals surface area contributed by atoms with Gasteiger partial charge in [-0.1, -0.05) is 0 Å². The third-order valence-corrected chi connectivity index (χ3v) is 5.26.